The van der Waals surface area contributed by atoms with Crippen LogP contribution in [0, 0.1) is 0 Å². The van der Waals surface area contributed by atoms with E-state index in [-0.39, 0.29) is 6.04 Å². The van der Waals surface area contributed by atoms with Crippen LogP contribution < -0.4 is 5.73 Å². The Morgan fingerprint density at radius 2 is 2.24 bits per heavy atom. The Bertz CT molecular complexity index is 560. The lowest BCUT2D eigenvalue weighted by Crippen LogP contribution is -2.15. The van der Waals surface area contributed by atoms with Crippen LogP contribution in [0.3, 0.4) is 0 Å². The molecule has 0 aromatic carbocycles. The Kier molecular flexibility index (Phi) is 2.09. The Balaban J connectivity index is 1.97. The van der Waals surface area contributed by atoms with Crippen LogP contribution in [-0.2, 0) is 0 Å². The van der Waals surface area contributed by atoms with Crippen LogP contribution in [0.4, 0.5) is 5.82 Å². The summed E-state index contributed by atoms with van der Waals surface area (Å²) in [5, 5.41) is 9.93. The number of aliphatic hydroxyl groups is 1. The van der Waals surface area contributed by atoms with E-state index in [4.69, 9.17) is 5.73 Å². The van der Waals surface area contributed by atoms with Crippen molar-refractivity contribution in [2.75, 3.05) is 5.73 Å². The zero-order valence-corrected chi connectivity index (χ0v) is 9.67. The first-order valence-electron chi connectivity index (χ1n) is 5.74. The molecule has 0 aliphatic heterocycles. The first-order valence-corrected chi connectivity index (χ1v) is 5.74. The smallest absolute Gasteiger partial charge is 0.165 e. The van der Waals surface area contributed by atoms with E-state index in [1.54, 1.807) is 6.33 Å². The number of imidazole rings is 1. The summed E-state index contributed by atoms with van der Waals surface area (Å²) in [5.41, 5.74) is 6.61. The number of rotatable bonds is 3. The van der Waals surface area contributed by atoms with E-state index in [1.165, 1.54) is 6.33 Å². The molecule has 17 heavy (non-hydrogen) atoms. The largest absolute Gasteiger partial charge is 0.390 e. The van der Waals surface area contributed by atoms with E-state index < -0.39 is 5.60 Å². The maximum Gasteiger partial charge on any atom is 0.165 e. The van der Waals surface area contributed by atoms with Crippen LogP contribution in [0.25, 0.3) is 11.2 Å². The standard InChI is InChI=1S/C11H15N5O/c1-7(4-11(17)2-3-11)16-6-15-8-9(12)13-5-14-10(8)16/h5-7,17H,2-4H2,1H3,(H2,12,13,14). The average molecular weight is 233 g/mol. The number of anilines is 1. The van der Waals surface area contributed by atoms with Gasteiger partial charge in [-0.3, -0.25) is 0 Å². The maximum atomic E-state index is 9.93. The second-order valence-electron chi connectivity index (χ2n) is 4.86. The number of nitrogen functional groups attached to an aromatic ring is 1. The number of hydrogen-bond acceptors (Lipinski definition) is 5. The molecule has 2 aromatic heterocycles. The van der Waals surface area contributed by atoms with Crippen molar-refractivity contribution in [2.24, 2.45) is 0 Å². The molecule has 1 unspecified atom stereocenters. The molecule has 0 radical (unpaired) electrons. The molecule has 6 nitrogen and oxygen atoms in total. The second-order valence-corrected chi connectivity index (χ2v) is 4.86. The number of aromatic nitrogens is 4. The molecule has 6 heteroatoms. The van der Waals surface area contributed by atoms with Gasteiger partial charge in [0.25, 0.3) is 0 Å². The van der Waals surface area contributed by atoms with Crippen LogP contribution in [0.2, 0.25) is 0 Å². The first-order chi connectivity index (χ1) is 8.09. The van der Waals surface area contributed by atoms with E-state index >= 15 is 0 Å². The summed E-state index contributed by atoms with van der Waals surface area (Å²) < 4.78 is 1.95. The van der Waals surface area contributed by atoms with Gasteiger partial charge in [0.2, 0.25) is 0 Å². The number of nitrogens with two attached hydrogens (primary N) is 1. The molecule has 1 aliphatic rings. The fourth-order valence-electron chi connectivity index (χ4n) is 2.19. The van der Waals surface area contributed by atoms with Crippen molar-refractivity contribution in [1.29, 1.82) is 0 Å². The van der Waals surface area contributed by atoms with Crippen LogP contribution in [0.15, 0.2) is 12.7 Å². The van der Waals surface area contributed by atoms with E-state index in [9.17, 15) is 5.11 Å². The number of fused-ring (bicyclic) bond motifs is 1. The zero-order valence-electron chi connectivity index (χ0n) is 9.67. The number of nitrogens with zero attached hydrogens (tertiary/aromatic N) is 4. The molecule has 0 saturated heterocycles. The van der Waals surface area contributed by atoms with Crippen LogP contribution in [-0.4, -0.2) is 30.2 Å². The Morgan fingerprint density at radius 1 is 1.47 bits per heavy atom. The van der Waals surface area contributed by atoms with Gasteiger partial charge in [-0.25, -0.2) is 15.0 Å². The van der Waals surface area contributed by atoms with Crippen LogP contribution in [0.1, 0.15) is 32.2 Å². The topological polar surface area (TPSA) is 89.8 Å². The quantitative estimate of drug-likeness (QED) is 0.821. The minimum atomic E-state index is -0.478. The van der Waals surface area contributed by atoms with E-state index in [1.807, 2.05) is 4.57 Å². The molecule has 0 amide bonds. The molecule has 90 valence electrons. The molecule has 3 N–H and O–H groups in total. The zero-order chi connectivity index (χ0) is 12.0. The summed E-state index contributed by atoms with van der Waals surface area (Å²) in [6, 6.07) is 0.154. The molecule has 0 bridgehead atoms. The van der Waals surface area contributed by atoms with Crippen LogP contribution >= 0.6 is 0 Å². The molecule has 1 fully saturated rings. The van der Waals surface area contributed by atoms with E-state index in [2.05, 4.69) is 21.9 Å². The molecule has 1 atom stereocenters. The highest BCUT2D eigenvalue weighted by Crippen LogP contribution is 2.42. The minimum Gasteiger partial charge on any atom is -0.390 e. The molecule has 0 spiro atoms. The summed E-state index contributed by atoms with van der Waals surface area (Å²) in [4.78, 5) is 12.3. The van der Waals surface area contributed by atoms with Gasteiger partial charge >= 0.3 is 0 Å². The molecular formula is C11H15N5O. The minimum absolute atomic E-state index is 0.154. The molecule has 1 aliphatic carbocycles. The summed E-state index contributed by atoms with van der Waals surface area (Å²) in [5.74, 6) is 0.395. The van der Waals surface area contributed by atoms with Crippen molar-refractivity contribution in [3.05, 3.63) is 12.7 Å². The van der Waals surface area contributed by atoms with E-state index in [0.717, 1.165) is 24.9 Å². The van der Waals surface area contributed by atoms with Gasteiger partial charge in [0.05, 0.1) is 11.9 Å². The van der Waals surface area contributed by atoms with Crippen molar-refractivity contribution in [2.45, 2.75) is 37.8 Å². The SMILES string of the molecule is CC(CC1(O)CC1)n1cnc2c(N)ncnc21. The molecule has 2 aromatic rings. The van der Waals surface area contributed by atoms with Crippen molar-refractivity contribution in [3.63, 3.8) is 0 Å². The summed E-state index contributed by atoms with van der Waals surface area (Å²) in [6.45, 7) is 2.05. The predicted octanol–water partition coefficient (Wildman–Crippen LogP) is 0.885. The van der Waals surface area contributed by atoms with Crippen LogP contribution in [0.5, 0.6) is 0 Å². The van der Waals surface area contributed by atoms with Gasteiger partial charge < -0.3 is 15.4 Å². The number of hydrogen-bond donors (Lipinski definition) is 2. The lowest BCUT2D eigenvalue weighted by Gasteiger charge is -2.17. The molecular weight excluding hydrogens is 218 g/mol. The lowest BCUT2D eigenvalue weighted by atomic mass is 10.1. The highest BCUT2D eigenvalue weighted by atomic mass is 16.3. The van der Waals surface area contributed by atoms with Crippen molar-refractivity contribution in [3.8, 4) is 0 Å². The monoisotopic (exact) mass is 233 g/mol. The van der Waals surface area contributed by atoms with Gasteiger partial charge in [-0.2, -0.15) is 0 Å². The first kappa shape index (κ1) is 10.5. The highest BCUT2D eigenvalue weighted by Gasteiger charge is 2.41. The van der Waals surface area contributed by atoms with Gasteiger partial charge in [-0.15, -0.1) is 0 Å². The molecule has 3 rings (SSSR count). The average Bonchev–Trinajstić information content (AvgIpc) is 2.85. The lowest BCUT2D eigenvalue weighted by molar-refractivity contribution is 0.123. The highest BCUT2D eigenvalue weighted by molar-refractivity contribution is 5.81. The normalized spacial score (nSPS) is 19.4. The van der Waals surface area contributed by atoms with Gasteiger partial charge in [-0.1, -0.05) is 0 Å². The summed E-state index contributed by atoms with van der Waals surface area (Å²) in [7, 11) is 0. The fraction of sp³-hybridized carbons (Fsp3) is 0.545. The fourth-order valence-corrected chi connectivity index (χ4v) is 2.19. The maximum absolute atomic E-state index is 9.93. The van der Waals surface area contributed by atoms with Gasteiger partial charge in [0.1, 0.15) is 11.8 Å². The Labute approximate surface area is 98.5 Å². The van der Waals surface area contributed by atoms with Gasteiger partial charge in [0.15, 0.2) is 11.5 Å². The summed E-state index contributed by atoms with van der Waals surface area (Å²) in [6.07, 6.45) is 5.66. The summed E-state index contributed by atoms with van der Waals surface area (Å²) >= 11 is 0. The Morgan fingerprint density at radius 3 is 2.94 bits per heavy atom. The third-order valence-electron chi connectivity index (χ3n) is 3.36. The second kappa shape index (κ2) is 3.40. The molecule has 1 saturated carbocycles. The van der Waals surface area contributed by atoms with Crippen molar-refractivity contribution >= 4 is 17.0 Å². The van der Waals surface area contributed by atoms with E-state index in [0.29, 0.717) is 11.3 Å². The Hall–Kier alpha value is -1.69. The van der Waals surface area contributed by atoms with Crippen molar-refractivity contribution in [1.82, 2.24) is 19.5 Å². The molecule has 2 heterocycles. The van der Waals surface area contributed by atoms with Gasteiger partial charge in [0, 0.05) is 6.04 Å². The third-order valence-corrected chi connectivity index (χ3v) is 3.36. The van der Waals surface area contributed by atoms with Gasteiger partial charge in [-0.05, 0) is 26.2 Å². The van der Waals surface area contributed by atoms with Crippen molar-refractivity contribution < 1.29 is 5.11 Å². The third kappa shape index (κ3) is 1.74. The predicted molar refractivity (Wildman–Crippen MR) is 63.2 cm³/mol.